The van der Waals surface area contributed by atoms with Crippen LogP contribution in [0.1, 0.15) is 128 Å². The van der Waals surface area contributed by atoms with E-state index in [0.29, 0.717) is 52.3 Å². The van der Waals surface area contributed by atoms with Crippen molar-refractivity contribution in [3.8, 4) is 33.8 Å². The third-order valence-electron chi connectivity index (χ3n) is 12.5. The molecule has 4 atom stereocenters. The number of nitrogens with zero attached hydrogens (tertiary/aromatic N) is 1. The van der Waals surface area contributed by atoms with Crippen molar-refractivity contribution in [1.29, 1.82) is 5.41 Å². The number of benzene rings is 4. The fourth-order valence-corrected chi connectivity index (χ4v) is 8.61. The zero-order chi connectivity index (χ0) is 55.0. The van der Waals surface area contributed by atoms with Crippen LogP contribution >= 0.6 is 0 Å². The highest BCUT2D eigenvalue weighted by Crippen LogP contribution is 2.41. The fraction of sp³-hybridized carbons (Fsp3) is 0.475. The van der Waals surface area contributed by atoms with E-state index >= 15 is 4.79 Å². The summed E-state index contributed by atoms with van der Waals surface area (Å²) in [6, 6.07) is 23.6. The molecule has 4 amide bonds. The molecule has 16 heteroatoms. The number of alkyl carbamates (subject to hydrolysis) is 2. The molecule has 4 bridgehead atoms. The first-order valence-corrected chi connectivity index (χ1v) is 26.0. The smallest absolute Gasteiger partial charge is 0.407 e. The Hall–Kier alpha value is -7.07. The SMILES string of the molecule is CCCCc1ccc(-c2ccc(C(=O)C[C@@H](CNC(=O)OC(C)(C)C)C(=O)N(C)[C@@H]3C(=O)C[C@@H](C)C(=O)N[C@H](C(=N)CO)Cc4ccc(OCCNC(=O)OC(C)(C)C)c(c4)-c4cc3ccc4OCCC)cc2)cc1. The number of carbonyl (C=O) groups excluding carboxylic acids is 6. The van der Waals surface area contributed by atoms with E-state index in [4.69, 9.17) is 24.4 Å². The number of aliphatic hydroxyl groups is 1. The molecule has 75 heavy (non-hydrogen) atoms. The van der Waals surface area contributed by atoms with Crippen molar-refractivity contribution in [2.75, 3.05) is 40.0 Å². The molecule has 0 radical (unpaired) electrons. The first-order chi connectivity index (χ1) is 35.5. The number of rotatable bonds is 20. The highest BCUT2D eigenvalue weighted by atomic mass is 16.6. The number of carbonyl (C=O) groups is 6. The van der Waals surface area contributed by atoms with Gasteiger partial charge in [-0.05, 0) is 119 Å². The van der Waals surface area contributed by atoms with Gasteiger partial charge in [-0.3, -0.25) is 19.2 Å². The molecular weight excluding hydrogens is 955 g/mol. The van der Waals surface area contributed by atoms with E-state index in [1.807, 2.05) is 25.1 Å². The summed E-state index contributed by atoms with van der Waals surface area (Å²) in [6.45, 7) is 15.6. The molecule has 1 aliphatic rings. The maximum Gasteiger partial charge on any atom is 0.407 e. The van der Waals surface area contributed by atoms with Crippen molar-refractivity contribution in [2.45, 2.75) is 131 Å². The second-order valence-corrected chi connectivity index (χ2v) is 21.2. The number of hydrogen-bond donors (Lipinski definition) is 5. The Morgan fingerprint density at radius 3 is 1.96 bits per heavy atom. The van der Waals surface area contributed by atoms with Crippen molar-refractivity contribution in [2.24, 2.45) is 11.8 Å². The predicted molar refractivity (Wildman–Crippen MR) is 289 cm³/mol. The number of Topliss-reactive ketones (excluding diaryl/α,β-unsaturated/α-hetero) is 2. The molecule has 5 N–H and O–H groups in total. The Morgan fingerprint density at radius 2 is 1.36 bits per heavy atom. The molecule has 5 rings (SSSR count). The first kappa shape index (κ1) is 58.8. The maximum absolute atomic E-state index is 15.1. The summed E-state index contributed by atoms with van der Waals surface area (Å²) in [5, 5.41) is 27.0. The number of fused-ring (bicyclic) bond motifs is 5. The van der Waals surface area contributed by atoms with Crippen molar-refractivity contribution < 1.29 is 52.8 Å². The molecule has 404 valence electrons. The minimum absolute atomic E-state index is 0.0229. The van der Waals surface area contributed by atoms with Crippen LogP contribution in [0, 0.1) is 17.2 Å². The van der Waals surface area contributed by atoms with Gasteiger partial charge >= 0.3 is 12.2 Å². The van der Waals surface area contributed by atoms with Gasteiger partial charge in [-0.25, -0.2) is 9.59 Å². The molecule has 1 heterocycles. The number of unbranched alkanes of at least 4 members (excludes halogenated alkanes) is 1. The second kappa shape index (κ2) is 26.9. The molecule has 0 saturated heterocycles. The lowest BCUT2D eigenvalue weighted by molar-refractivity contribution is -0.142. The van der Waals surface area contributed by atoms with E-state index in [9.17, 15) is 29.1 Å². The van der Waals surface area contributed by atoms with E-state index in [2.05, 4.69) is 47.1 Å². The van der Waals surface area contributed by atoms with Crippen LogP contribution in [0.25, 0.3) is 22.3 Å². The number of ether oxygens (including phenoxy) is 4. The normalized spacial score (nSPS) is 16.3. The second-order valence-electron chi connectivity index (χ2n) is 21.2. The molecule has 4 aromatic rings. The molecule has 0 unspecified atom stereocenters. The van der Waals surface area contributed by atoms with Crippen molar-refractivity contribution >= 4 is 41.3 Å². The fourth-order valence-electron chi connectivity index (χ4n) is 8.61. The van der Waals surface area contributed by atoms with Crippen LogP contribution in [0.5, 0.6) is 11.5 Å². The summed E-state index contributed by atoms with van der Waals surface area (Å²) < 4.78 is 23.5. The lowest BCUT2D eigenvalue weighted by Crippen LogP contribution is -2.47. The van der Waals surface area contributed by atoms with Gasteiger partial charge in [0.25, 0.3) is 0 Å². The number of hydrogen-bond acceptors (Lipinski definition) is 12. The Labute approximate surface area is 442 Å². The summed E-state index contributed by atoms with van der Waals surface area (Å²) >= 11 is 0. The highest BCUT2D eigenvalue weighted by Gasteiger charge is 2.37. The van der Waals surface area contributed by atoms with Crippen LogP contribution in [0.15, 0.2) is 84.9 Å². The zero-order valence-electron chi connectivity index (χ0n) is 45.4. The first-order valence-electron chi connectivity index (χ1n) is 26.0. The molecule has 16 nitrogen and oxygen atoms in total. The number of amides is 4. The number of aryl methyl sites for hydroxylation is 1. The molecule has 0 fully saturated rings. The Balaban J connectivity index is 1.58. The van der Waals surface area contributed by atoms with E-state index in [-0.39, 0.29) is 50.5 Å². The summed E-state index contributed by atoms with van der Waals surface area (Å²) in [7, 11) is 1.46. The molecule has 0 aromatic heterocycles. The van der Waals surface area contributed by atoms with Gasteiger partial charge in [0.1, 0.15) is 35.3 Å². The highest BCUT2D eigenvalue weighted by molar-refractivity contribution is 6.00. The standard InChI is InChI=1S/C59H77N5O11/c1-11-13-14-38-15-18-40(19-16-38)41-20-22-42(23-21-41)49(66)34-44(35-62-57(71)75-59(7,8)9)55(69)64(10)53-43-24-26-52(72-28-12-2)46(33-43)45-31-39(17-25-51(45)73-29-27-61-56(70)74-58(4,5)6)32-48(47(60)36-65)63-54(68)37(3)30-50(53)67/h15-26,31,33,37,44,48,53,60,65H,11-14,27-30,32,34-36H2,1-10H3,(H,61,70)(H,62,71)(H,63,68)/t37-,44+,48+,53+/m1/s1. The molecule has 0 aliphatic carbocycles. The van der Waals surface area contributed by atoms with Crippen molar-refractivity contribution in [1.82, 2.24) is 20.9 Å². The van der Waals surface area contributed by atoms with Gasteiger partial charge in [0.15, 0.2) is 11.6 Å². The van der Waals surface area contributed by atoms with Crippen LogP contribution in [0.4, 0.5) is 9.59 Å². The monoisotopic (exact) mass is 1030 g/mol. The van der Waals surface area contributed by atoms with E-state index in [1.54, 1.807) is 90.9 Å². The summed E-state index contributed by atoms with van der Waals surface area (Å²) in [4.78, 5) is 85.1. The van der Waals surface area contributed by atoms with Gasteiger partial charge < -0.3 is 50.3 Å². The van der Waals surface area contributed by atoms with E-state index in [1.165, 1.54) is 17.5 Å². The van der Waals surface area contributed by atoms with Crippen LogP contribution in [-0.2, 0) is 36.7 Å². The van der Waals surface area contributed by atoms with Gasteiger partial charge in [-0.2, -0.15) is 0 Å². The third kappa shape index (κ3) is 17.5. The molecule has 0 spiro atoms. The summed E-state index contributed by atoms with van der Waals surface area (Å²) in [6.07, 6.45) is 1.89. The quantitative estimate of drug-likeness (QED) is 0.0318. The maximum atomic E-state index is 15.1. The number of aliphatic hydroxyl groups excluding tert-OH is 1. The zero-order valence-corrected chi connectivity index (χ0v) is 45.4. The number of ketones is 2. The Kier molecular flexibility index (Phi) is 21.1. The Morgan fingerprint density at radius 1 is 0.773 bits per heavy atom. The molecule has 1 aliphatic heterocycles. The van der Waals surface area contributed by atoms with Crippen LogP contribution in [-0.4, -0.2) is 108 Å². The average molecular weight is 1030 g/mol. The van der Waals surface area contributed by atoms with Crippen LogP contribution in [0.2, 0.25) is 0 Å². The van der Waals surface area contributed by atoms with Gasteiger partial charge in [-0.1, -0.05) is 87.9 Å². The lowest BCUT2D eigenvalue weighted by Gasteiger charge is -2.32. The minimum Gasteiger partial charge on any atom is -0.493 e. The van der Waals surface area contributed by atoms with Crippen molar-refractivity contribution in [3.05, 3.63) is 107 Å². The average Bonchev–Trinajstić information content (AvgIpc) is 3.36. The molecule has 4 aromatic carbocycles. The van der Waals surface area contributed by atoms with Gasteiger partial charge in [0, 0.05) is 49.0 Å². The third-order valence-corrected chi connectivity index (χ3v) is 12.5. The van der Waals surface area contributed by atoms with Gasteiger partial charge in [0.2, 0.25) is 11.8 Å². The predicted octanol–water partition coefficient (Wildman–Crippen LogP) is 9.62. The summed E-state index contributed by atoms with van der Waals surface area (Å²) in [5.41, 5.74) is 3.82. The largest absolute Gasteiger partial charge is 0.493 e. The Bertz CT molecular complexity index is 2640. The topological polar surface area (TPSA) is 223 Å². The van der Waals surface area contributed by atoms with Gasteiger partial charge in [0.05, 0.1) is 37.4 Å². The number of likely N-dealkylation sites (N-methyl/N-ethyl adjacent to an activating group) is 1. The van der Waals surface area contributed by atoms with E-state index < -0.39 is 71.5 Å². The number of nitrogens with one attached hydrogen (secondary N) is 4. The molecular formula is C59H77N5O11. The minimum atomic E-state index is -1.33. The van der Waals surface area contributed by atoms with Crippen molar-refractivity contribution in [3.63, 3.8) is 0 Å². The van der Waals surface area contributed by atoms with Crippen LogP contribution in [0.3, 0.4) is 0 Å². The summed E-state index contributed by atoms with van der Waals surface area (Å²) in [5.74, 6) is -3.38. The lowest BCUT2D eigenvalue weighted by atomic mass is 9.88. The van der Waals surface area contributed by atoms with E-state index in [0.717, 1.165) is 30.4 Å². The molecule has 0 saturated carbocycles. The van der Waals surface area contributed by atoms with Gasteiger partial charge in [-0.15, -0.1) is 0 Å². The van der Waals surface area contributed by atoms with Crippen LogP contribution < -0.4 is 25.4 Å².